The smallest absolute Gasteiger partial charge is 0.252 e. The van der Waals surface area contributed by atoms with Gasteiger partial charge < -0.3 is 10.6 Å². The van der Waals surface area contributed by atoms with Gasteiger partial charge in [0.2, 0.25) is 15.9 Å². The Morgan fingerprint density at radius 3 is 2.54 bits per heavy atom. The molecule has 1 aromatic carbocycles. The summed E-state index contributed by atoms with van der Waals surface area (Å²) in [5, 5.41) is 5.72. The van der Waals surface area contributed by atoms with Crippen molar-refractivity contribution in [2.24, 2.45) is 0 Å². The molecule has 0 bridgehead atoms. The second kappa shape index (κ2) is 9.34. The average molecular weight is 402 g/mol. The number of hydrogen-bond acceptors (Lipinski definition) is 4. The monoisotopic (exact) mass is 401 g/mol. The molecule has 144 valence electrons. The van der Waals surface area contributed by atoms with Crippen LogP contribution in [0.1, 0.15) is 48.9 Å². The lowest BCUT2D eigenvalue weighted by atomic mass is 9.95. The van der Waals surface area contributed by atoms with Crippen LogP contribution in [0.3, 0.4) is 0 Å². The zero-order chi connectivity index (χ0) is 19.2. The van der Waals surface area contributed by atoms with E-state index in [0.29, 0.717) is 0 Å². The largest absolute Gasteiger partial charge is 0.353 e. The summed E-state index contributed by atoms with van der Waals surface area (Å²) in [6.45, 7) is 0.150. The van der Waals surface area contributed by atoms with Crippen LogP contribution < -0.4 is 15.4 Å². The Kier molecular flexibility index (Phi) is 7.43. The van der Waals surface area contributed by atoms with E-state index in [1.807, 2.05) is 0 Å². The number of sulfonamides is 1. The van der Waals surface area contributed by atoms with E-state index in [0.717, 1.165) is 25.7 Å². The molecule has 1 aliphatic rings. The summed E-state index contributed by atoms with van der Waals surface area (Å²) in [4.78, 5) is 24.2. The highest BCUT2D eigenvalue weighted by Crippen LogP contribution is 2.20. The zero-order valence-corrected chi connectivity index (χ0v) is 16.3. The number of halogens is 1. The molecule has 0 unspecified atom stereocenters. The Hall–Kier alpha value is -1.64. The first kappa shape index (κ1) is 20.7. The Morgan fingerprint density at radius 1 is 1.19 bits per heavy atom. The van der Waals surface area contributed by atoms with Crippen LogP contribution in [-0.4, -0.2) is 39.9 Å². The van der Waals surface area contributed by atoms with Crippen molar-refractivity contribution in [3.63, 3.8) is 0 Å². The minimum Gasteiger partial charge on any atom is -0.353 e. The van der Waals surface area contributed by atoms with Crippen molar-refractivity contribution in [3.8, 4) is 0 Å². The summed E-state index contributed by atoms with van der Waals surface area (Å²) >= 11 is 6.00. The molecule has 7 nitrogen and oxygen atoms in total. The highest BCUT2D eigenvalue weighted by Gasteiger charge is 2.18. The van der Waals surface area contributed by atoms with Crippen molar-refractivity contribution in [2.45, 2.75) is 49.5 Å². The van der Waals surface area contributed by atoms with Gasteiger partial charge in [-0.3, -0.25) is 9.59 Å². The maximum absolute atomic E-state index is 12.3. The number of carbonyl (C=O) groups is 2. The first-order valence-corrected chi connectivity index (χ1v) is 10.5. The number of benzene rings is 1. The number of rotatable bonds is 7. The predicted molar refractivity (Wildman–Crippen MR) is 99.7 cm³/mol. The fraction of sp³-hybridized carbons (Fsp3) is 0.529. The molecule has 9 heteroatoms. The molecule has 0 radical (unpaired) electrons. The van der Waals surface area contributed by atoms with Gasteiger partial charge in [0.15, 0.2) is 0 Å². The van der Waals surface area contributed by atoms with E-state index in [4.69, 9.17) is 11.6 Å². The fourth-order valence-electron chi connectivity index (χ4n) is 2.89. The third kappa shape index (κ3) is 5.69. The fourth-order valence-corrected chi connectivity index (χ4v) is 3.85. The van der Waals surface area contributed by atoms with Gasteiger partial charge in [-0.15, -0.1) is 0 Å². The van der Waals surface area contributed by atoms with E-state index >= 15 is 0 Å². The average Bonchev–Trinajstić information content (AvgIpc) is 2.62. The number of hydrogen-bond donors (Lipinski definition) is 3. The highest BCUT2D eigenvalue weighted by atomic mass is 35.5. The van der Waals surface area contributed by atoms with E-state index in [-0.39, 0.29) is 40.4 Å². The van der Waals surface area contributed by atoms with Crippen LogP contribution in [0, 0.1) is 0 Å². The summed E-state index contributed by atoms with van der Waals surface area (Å²) in [5.41, 5.74) is 0.0516. The maximum atomic E-state index is 12.3. The molecular weight excluding hydrogens is 378 g/mol. The topological polar surface area (TPSA) is 104 Å². The first-order chi connectivity index (χ1) is 12.3. The molecule has 1 saturated carbocycles. The van der Waals surface area contributed by atoms with Crippen LogP contribution in [-0.2, 0) is 14.8 Å². The van der Waals surface area contributed by atoms with Gasteiger partial charge in [0.25, 0.3) is 5.91 Å². The molecule has 1 aromatic rings. The molecule has 1 aliphatic carbocycles. The predicted octanol–water partition coefficient (Wildman–Crippen LogP) is 1.82. The van der Waals surface area contributed by atoms with Crippen LogP contribution in [0.15, 0.2) is 23.1 Å². The lowest BCUT2D eigenvalue weighted by Crippen LogP contribution is -2.38. The van der Waals surface area contributed by atoms with Crippen LogP contribution in [0.2, 0.25) is 5.02 Å². The molecule has 0 aliphatic heterocycles. The lowest BCUT2D eigenvalue weighted by Gasteiger charge is -2.22. The molecule has 0 saturated heterocycles. The Balaban J connectivity index is 1.89. The molecule has 26 heavy (non-hydrogen) atoms. The van der Waals surface area contributed by atoms with Crippen molar-refractivity contribution < 1.29 is 18.0 Å². The van der Waals surface area contributed by atoms with Crippen molar-refractivity contribution >= 4 is 33.4 Å². The molecule has 2 rings (SSSR count). The van der Waals surface area contributed by atoms with Crippen molar-refractivity contribution in [3.05, 3.63) is 28.8 Å². The van der Waals surface area contributed by atoms with Crippen molar-refractivity contribution in [1.82, 2.24) is 15.4 Å². The highest BCUT2D eigenvalue weighted by molar-refractivity contribution is 7.89. The Labute approximate surface area is 158 Å². The third-order valence-electron chi connectivity index (χ3n) is 4.37. The van der Waals surface area contributed by atoms with E-state index in [2.05, 4.69) is 15.4 Å². The molecular formula is C17H24ClN3O4S. The SMILES string of the molecule is CNS(=O)(=O)c1ccc(Cl)c(C(=O)NCCC(=O)NC2CCCCC2)c1. The van der Waals surface area contributed by atoms with E-state index < -0.39 is 15.9 Å². The van der Waals surface area contributed by atoms with E-state index in [1.54, 1.807) is 0 Å². The van der Waals surface area contributed by atoms with Crippen molar-refractivity contribution in [1.29, 1.82) is 0 Å². The minimum absolute atomic E-state index is 0.0513. The quantitative estimate of drug-likeness (QED) is 0.648. The van der Waals surface area contributed by atoms with Gasteiger partial charge in [-0.25, -0.2) is 13.1 Å². The number of carbonyl (C=O) groups excluding carboxylic acids is 2. The van der Waals surface area contributed by atoms with Crippen LogP contribution in [0.25, 0.3) is 0 Å². The summed E-state index contributed by atoms with van der Waals surface area (Å²) in [7, 11) is -2.39. The molecule has 3 N–H and O–H groups in total. The van der Waals surface area contributed by atoms with Crippen LogP contribution in [0.4, 0.5) is 0 Å². The second-order valence-electron chi connectivity index (χ2n) is 6.26. The summed E-state index contributed by atoms with van der Waals surface area (Å²) in [5.74, 6) is -0.622. The number of nitrogens with one attached hydrogen (secondary N) is 3. The van der Waals surface area contributed by atoms with Crippen molar-refractivity contribution in [2.75, 3.05) is 13.6 Å². The molecule has 0 heterocycles. The van der Waals surface area contributed by atoms with Gasteiger partial charge in [-0.2, -0.15) is 0 Å². The zero-order valence-electron chi connectivity index (χ0n) is 14.7. The van der Waals surface area contributed by atoms with Gasteiger partial charge in [0.1, 0.15) is 0 Å². The Morgan fingerprint density at radius 2 is 1.88 bits per heavy atom. The lowest BCUT2D eigenvalue weighted by molar-refractivity contribution is -0.121. The summed E-state index contributed by atoms with van der Waals surface area (Å²) in [6, 6.07) is 4.12. The molecule has 0 aromatic heterocycles. The van der Waals surface area contributed by atoms with Crippen LogP contribution >= 0.6 is 11.6 Å². The standard InChI is InChI=1S/C17H24ClN3O4S/c1-19-26(24,25)13-7-8-15(18)14(11-13)17(23)20-10-9-16(22)21-12-5-3-2-4-6-12/h7-8,11-12,19H,2-6,9-10H2,1H3,(H,20,23)(H,21,22). The van der Waals surface area contributed by atoms with Gasteiger partial charge in [0.05, 0.1) is 15.5 Å². The van der Waals surface area contributed by atoms with Crippen LogP contribution in [0.5, 0.6) is 0 Å². The molecule has 1 fully saturated rings. The van der Waals surface area contributed by atoms with E-state index in [9.17, 15) is 18.0 Å². The molecule has 0 spiro atoms. The Bertz CT molecular complexity index is 761. The second-order valence-corrected chi connectivity index (χ2v) is 8.55. The van der Waals surface area contributed by atoms with Gasteiger partial charge in [-0.05, 0) is 38.1 Å². The molecule has 0 atom stereocenters. The third-order valence-corrected chi connectivity index (χ3v) is 6.11. The first-order valence-electron chi connectivity index (χ1n) is 8.64. The molecule has 2 amide bonds. The minimum atomic E-state index is -3.67. The van der Waals surface area contributed by atoms with E-state index in [1.165, 1.54) is 31.7 Å². The van der Waals surface area contributed by atoms with Gasteiger partial charge in [0, 0.05) is 19.0 Å². The van der Waals surface area contributed by atoms with Gasteiger partial charge in [-0.1, -0.05) is 30.9 Å². The van der Waals surface area contributed by atoms with Gasteiger partial charge >= 0.3 is 0 Å². The normalized spacial score (nSPS) is 15.5. The maximum Gasteiger partial charge on any atom is 0.252 e. The summed E-state index contributed by atoms with van der Waals surface area (Å²) < 4.78 is 25.9. The summed E-state index contributed by atoms with van der Waals surface area (Å²) in [6.07, 6.45) is 5.64. The number of amides is 2.